The Hall–Kier alpha value is -1.56. The molecule has 0 aliphatic carbocycles. The fraction of sp³-hybridized carbons (Fsp3) is 0.533. The lowest BCUT2D eigenvalue weighted by molar-refractivity contribution is -0.185. The number of nitrogens with zero attached hydrogens (tertiary/aromatic N) is 1. The smallest absolute Gasteiger partial charge is 0.333 e. The molecular formula is C15H19F3N2O. The summed E-state index contributed by atoms with van der Waals surface area (Å²) in [5, 5.41) is 3.13. The van der Waals surface area contributed by atoms with Crippen LogP contribution in [0.3, 0.4) is 0 Å². The Morgan fingerprint density at radius 1 is 1.29 bits per heavy atom. The Morgan fingerprint density at radius 3 is 2.57 bits per heavy atom. The van der Waals surface area contributed by atoms with E-state index in [1.165, 1.54) is 0 Å². The molecule has 0 spiro atoms. The molecule has 2 rings (SSSR count). The summed E-state index contributed by atoms with van der Waals surface area (Å²) in [6, 6.07) is 9.19. The van der Waals surface area contributed by atoms with Gasteiger partial charge in [0.1, 0.15) is 0 Å². The molecule has 1 N–H and O–H groups in total. The number of benzene rings is 1. The van der Waals surface area contributed by atoms with Crippen molar-refractivity contribution in [3.63, 3.8) is 0 Å². The largest absolute Gasteiger partial charge is 0.471 e. The fourth-order valence-corrected chi connectivity index (χ4v) is 2.54. The van der Waals surface area contributed by atoms with Gasteiger partial charge in [-0.25, -0.2) is 0 Å². The fourth-order valence-electron chi connectivity index (χ4n) is 2.54. The Bertz CT molecular complexity index is 456. The van der Waals surface area contributed by atoms with Crippen LogP contribution in [0.2, 0.25) is 0 Å². The summed E-state index contributed by atoms with van der Waals surface area (Å²) in [6.45, 7) is 1.00. The maximum absolute atomic E-state index is 12.7. The molecule has 1 atom stereocenters. The number of hydrogen-bond donors (Lipinski definition) is 1. The van der Waals surface area contributed by atoms with Crippen LogP contribution < -0.4 is 5.32 Å². The summed E-state index contributed by atoms with van der Waals surface area (Å²) < 4.78 is 38.1. The van der Waals surface area contributed by atoms with Crippen LogP contribution in [0.25, 0.3) is 0 Å². The van der Waals surface area contributed by atoms with Crippen LogP contribution in [0.5, 0.6) is 0 Å². The van der Waals surface area contributed by atoms with E-state index in [2.05, 4.69) is 5.32 Å². The van der Waals surface area contributed by atoms with Gasteiger partial charge in [-0.2, -0.15) is 13.2 Å². The predicted octanol–water partition coefficient (Wildman–Crippen LogP) is 2.37. The molecule has 0 aromatic heterocycles. The monoisotopic (exact) mass is 300 g/mol. The predicted molar refractivity (Wildman–Crippen MR) is 73.8 cm³/mol. The van der Waals surface area contributed by atoms with Gasteiger partial charge in [0.05, 0.1) is 0 Å². The van der Waals surface area contributed by atoms with Crippen LogP contribution in [0, 0.1) is 0 Å². The van der Waals surface area contributed by atoms with Gasteiger partial charge in [-0.15, -0.1) is 0 Å². The van der Waals surface area contributed by atoms with Gasteiger partial charge in [-0.1, -0.05) is 30.3 Å². The van der Waals surface area contributed by atoms with Gasteiger partial charge in [0.2, 0.25) is 0 Å². The van der Waals surface area contributed by atoms with Crippen LogP contribution in [0.15, 0.2) is 30.3 Å². The lowest BCUT2D eigenvalue weighted by Gasteiger charge is -2.26. The lowest BCUT2D eigenvalue weighted by atomic mass is 10.1. The van der Waals surface area contributed by atoms with Gasteiger partial charge >= 0.3 is 12.1 Å². The van der Waals surface area contributed by atoms with Gasteiger partial charge in [0.15, 0.2) is 0 Å². The Balaban J connectivity index is 1.98. The van der Waals surface area contributed by atoms with Crippen molar-refractivity contribution >= 4 is 5.91 Å². The van der Waals surface area contributed by atoms with E-state index in [-0.39, 0.29) is 19.1 Å². The highest BCUT2D eigenvalue weighted by molar-refractivity contribution is 5.81. The first-order chi connectivity index (χ1) is 9.97. The molecule has 0 radical (unpaired) electrons. The zero-order valence-electron chi connectivity index (χ0n) is 11.7. The normalized spacial score (nSPS) is 18.7. The maximum atomic E-state index is 12.7. The van der Waals surface area contributed by atoms with Crippen molar-refractivity contribution < 1.29 is 18.0 Å². The third-order valence-corrected chi connectivity index (χ3v) is 3.65. The molecule has 116 valence electrons. The second-order valence-electron chi connectivity index (χ2n) is 5.28. The first-order valence-electron chi connectivity index (χ1n) is 7.10. The molecule has 6 heteroatoms. The van der Waals surface area contributed by atoms with E-state index >= 15 is 0 Å². The molecule has 1 amide bonds. The number of carbonyl (C=O) groups is 1. The van der Waals surface area contributed by atoms with Gasteiger partial charge in [-0.3, -0.25) is 4.79 Å². The summed E-state index contributed by atoms with van der Waals surface area (Å²) in [5.74, 6) is -1.74. The second kappa shape index (κ2) is 6.93. The number of amides is 1. The van der Waals surface area contributed by atoms with Crippen molar-refractivity contribution in [2.45, 2.75) is 31.5 Å². The van der Waals surface area contributed by atoms with E-state index in [1.54, 1.807) is 0 Å². The third kappa shape index (κ3) is 4.74. The van der Waals surface area contributed by atoms with E-state index in [0.717, 1.165) is 29.8 Å². The Kier molecular flexibility index (Phi) is 5.22. The maximum Gasteiger partial charge on any atom is 0.471 e. The molecule has 0 saturated carbocycles. The molecule has 1 fully saturated rings. The van der Waals surface area contributed by atoms with E-state index in [0.29, 0.717) is 6.42 Å². The number of alkyl halides is 3. The van der Waals surface area contributed by atoms with Crippen molar-refractivity contribution in [2.24, 2.45) is 0 Å². The molecular weight excluding hydrogens is 281 g/mol. The summed E-state index contributed by atoms with van der Waals surface area (Å²) in [7, 11) is 0. The Morgan fingerprint density at radius 2 is 2.00 bits per heavy atom. The van der Waals surface area contributed by atoms with Crippen molar-refractivity contribution in [1.82, 2.24) is 10.2 Å². The molecule has 1 aromatic carbocycles. The number of halogens is 3. The second-order valence-corrected chi connectivity index (χ2v) is 5.28. The van der Waals surface area contributed by atoms with Crippen LogP contribution >= 0.6 is 0 Å². The SMILES string of the molecule is O=C(N(CCc1ccccc1)CC1CCCN1)C(F)(F)F. The molecule has 1 saturated heterocycles. The Labute approximate surface area is 122 Å². The van der Waals surface area contributed by atoms with E-state index in [1.807, 2.05) is 30.3 Å². The number of carbonyl (C=O) groups excluding carboxylic acids is 1. The van der Waals surface area contributed by atoms with Crippen molar-refractivity contribution in [3.8, 4) is 0 Å². The molecule has 1 aliphatic rings. The molecule has 1 unspecified atom stereocenters. The first-order valence-corrected chi connectivity index (χ1v) is 7.10. The number of rotatable bonds is 5. The zero-order valence-corrected chi connectivity index (χ0v) is 11.7. The molecule has 1 aliphatic heterocycles. The third-order valence-electron chi connectivity index (χ3n) is 3.65. The van der Waals surface area contributed by atoms with Crippen LogP contribution in [-0.4, -0.2) is 42.7 Å². The van der Waals surface area contributed by atoms with Crippen molar-refractivity contribution in [2.75, 3.05) is 19.6 Å². The highest BCUT2D eigenvalue weighted by atomic mass is 19.4. The summed E-state index contributed by atoms with van der Waals surface area (Å²) >= 11 is 0. The quantitative estimate of drug-likeness (QED) is 0.905. The van der Waals surface area contributed by atoms with Crippen molar-refractivity contribution in [1.29, 1.82) is 0 Å². The van der Waals surface area contributed by atoms with Gasteiger partial charge in [0.25, 0.3) is 0 Å². The highest BCUT2D eigenvalue weighted by Crippen LogP contribution is 2.20. The minimum Gasteiger partial charge on any atom is -0.333 e. The summed E-state index contributed by atoms with van der Waals surface area (Å²) in [5.41, 5.74) is 0.928. The molecule has 3 nitrogen and oxygen atoms in total. The van der Waals surface area contributed by atoms with Crippen molar-refractivity contribution in [3.05, 3.63) is 35.9 Å². The molecule has 21 heavy (non-hydrogen) atoms. The van der Waals surface area contributed by atoms with E-state index in [9.17, 15) is 18.0 Å². The van der Waals surface area contributed by atoms with E-state index in [4.69, 9.17) is 0 Å². The highest BCUT2D eigenvalue weighted by Gasteiger charge is 2.42. The number of nitrogens with one attached hydrogen (secondary N) is 1. The summed E-state index contributed by atoms with van der Waals surface area (Å²) in [4.78, 5) is 12.5. The van der Waals surface area contributed by atoms with Gasteiger partial charge < -0.3 is 10.2 Å². The molecule has 1 heterocycles. The molecule has 1 aromatic rings. The standard InChI is InChI=1S/C15H19F3N2O/c16-15(17,18)14(21)20(11-13-7-4-9-19-13)10-8-12-5-2-1-3-6-12/h1-3,5-6,13,19H,4,7-11H2. The zero-order chi connectivity index (χ0) is 15.3. The van der Waals surface area contributed by atoms with Crippen LogP contribution in [0.4, 0.5) is 13.2 Å². The first kappa shape index (κ1) is 15.8. The average molecular weight is 300 g/mol. The lowest BCUT2D eigenvalue weighted by Crippen LogP contribution is -2.47. The number of hydrogen-bond acceptors (Lipinski definition) is 2. The molecule has 0 bridgehead atoms. The minimum absolute atomic E-state index is 0.0351. The topological polar surface area (TPSA) is 32.3 Å². The van der Waals surface area contributed by atoms with Gasteiger partial charge in [-0.05, 0) is 31.4 Å². The minimum atomic E-state index is -4.81. The average Bonchev–Trinajstić information content (AvgIpc) is 2.95. The van der Waals surface area contributed by atoms with E-state index < -0.39 is 12.1 Å². The van der Waals surface area contributed by atoms with Crippen LogP contribution in [-0.2, 0) is 11.2 Å². The van der Waals surface area contributed by atoms with Crippen LogP contribution in [0.1, 0.15) is 18.4 Å². The van der Waals surface area contributed by atoms with Gasteiger partial charge in [0, 0.05) is 19.1 Å². The summed E-state index contributed by atoms with van der Waals surface area (Å²) in [6.07, 6.45) is -2.63.